The molecule has 0 saturated carbocycles. The molecule has 1 fully saturated rings. The van der Waals surface area contributed by atoms with Crippen molar-refractivity contribution in [1.82, 2.24) is 14.7 Å². The molecular formula is C17H18ClN3O3S. The molecule has 132 valence electrons. The van der Waals surface area contributed by atoms with Crippen LogP contribution in [0.2, 0.25) is 5.02 Å². The minimum absolute atomic E-state index is 0.0352. The van der Waals surface area contributed by atoms with Gasteiger partial charge in [0.2, 0.25) is 0 Å². The summed E-state index contributed by atoms with van der Waals surface area (Å²) in [6.07, 6.45) is 3.18. The third-order valence-corrected chi connectivity index (χ3v) is 5.53. The zero-order valence-corrected chi connectivity index (χ0v) is 15.0. The molecule has 0 bridgehead atoms. The molecule has 2 heterocycles. The van der Waals surface area contributed by atoms with E-state index < -0.39 is 5.97 Å². The number of thioether (sulfide) groups is 1. The maximum atomic E-state index is 12.8. The Morgan fingerprint density at radius 3 is 2.92 bits per heavy atom. The van der Waals surface area contributed by atoms with Crippen LogP contribution in [-0.4, -0.2) is 55.8 Å². The zero-order chi connectivity index (χ0) is 17.8. The molecule has 1 unspecified atom stereocenters. The standard InChI is InChI=1S/C17H18ClN3O3S/c18-15-4-2-1-3-12(15)9-20-10-13(8-19-20)17(24)21-5-6-25-11-14(21)7-16(22)23/h1-4,8,10,14H,5-7,9,11H2,(H,22,23). The summed E-state index contributed by atoms with van der Waals surface area (Å²) in [5.74, 6) is 0.401. The van der Waals surface area contributed by atoms with Crippen LogP contribution in [0, 0.1) is 0 Å². The summed E-state index contributed by atoms with van der Waals surface area (Å²) in [6.45, 7) is 1.03. The summed E-state index contributed by atoms with van der Waals surface area (Å²) in [7, 11) is 0. The van der Waals surface area contributed by atoms with E-state index in [1.54, 1.807) is 27.5 Å². The van der Waals surface area contributed by atoms with Crippen LogP contribution >= 0.6 is 23.4 Å². The van der Waals surface area contributed by atoms with Crippen LogP contribution in [0.3, 0.4) is 0 Å². The van der Waals surface area contributed by atoms with Gasteiger partial charge < -0.3 is 10.0 Å². The average Bonchev–Trinajstić information content (AvgIpc) is 3.05. The first-order valence-electron chi connectivity index (χ1n) is 7.91. The van der Waals surface area contributed by atoms with E-state index in [4.69, 9.17) is 16.7 Å². The van der Waals surface area contributed by atoms with Gasteiger partial charge in [-0.2, -0.15) is 16.9 Å². The van der Waals surface area contributed by atoms with Crippen LogP contribution in [0.25, 0.3) is 0 Å². The molecule has 0 spiro atoms. The Hall–Kier alpha value is -1.99. The van der Waals surface area contributed by atoms with Gasteiger partial charge in [0.1, 0.15) is 0 Å². The lowest BCUT2D eigenvalue weighted by molar-refractivity contribution is -0.138. The maximum absolute atomic E-state index is 12.8. The first-order chi connectivity index (χ1) is 12.0. The Morgan fingerprint density at radius 1 is 1.36 bits per heavy atom. The Balaban J connectivity index is 1.73. The van der Waals surface area contributed by atoms with E-state index in [0.29, 0.717) is 29.4 Å². The second-order valence-corrected chi connectivity index (χ2v) is 7.40. The highest BCUT2D eigenvalue weighted by Gasteiger charge is 2.30. The van der Waals surface area contributed by atoms with E-state index in [1.165, 1.54) is 6.20 Å². The fraction of sp³-hybridized carbons (Fsp3) is 0.353. The second-order valence-electron chi connectivity index (χ2n) is 5.84. The predicted molar refractivity (Wildman–Crippen MR) is 97.2 cm³/mol. The third-order valence-electron chi connectivity index (χ3n) is 4.07. The lowest BCUT2D eigenvalue weighted by atomic mass is 10.1. The van der Waals surface area contributed by atoms with E-state index >= 15 is 0 Å². The first kappa shape index (κ1) is 17.8. The molecule has 6 nitrogen and oxygen atoms in total. The van der Waals surface area contributed by atoms with E-state index in [9.17, 15) is 9.59 Å². The van der Waals surface area contributed by atoms with E-state index in [0.717, 1.165) is 11.3 Å². The molecule has 1 N–H and O–H groups in total. The lowest BCUT2D eigenvalue weighted by Crippen LogP contribution is -2.47. The molecule has 8 heteroatoms. The van der Waals surface area contributed by atoms with Crippen molar-refractivity contribution in [2.24, 2.45) is 0 Å². The van der Waals surface area contributed by atoms with Gasteiger partial charge in [-0.3, -0.25) is 14.3 Å². The number of carbonyl (C=O) groups is 2. The van der Waals surface area contributed by atoms with Gasteiger partial charge in [-0.25, -0.2) is 0 Å². The number of hydrogen-bond acceptors (Lipinski definition) is 4. The quantitative estimate of drug-likeness (QED) is 0.864. The number of nitrogens with zero attached hydrogens (tertiary/aromatic N) is 3. The number of amides is 1. The fourth-order valence-corrected chi connectivity index (χ4v) is 4.08. The largest absolute Gasteiger partial charge is 0.481 e. The maximum Gasteiger partial charge on any atom is 0.305 e. The lowest BCUT2D eigenvalue weighted by Gasteiger charge is -2.34. The number of aliphatic carboxylic acids is 1. The molecule has 1 aromatic heterocycles. The van der Waals surface area contributed by atoms with Gasteiger partial charge in [-0.05, 0) is 11.6 Å². The number of carbonyl (C=O) groups excluding carboxylic acids is 1. The van der Waals surface area contributed by atoms with Crippen molar-refractivity contribution in [3.63, 3.8) is 0 Å². The molecular weight excluding hydrogens is 362 g/mol. The number of aromatic nitrogens is 2. The number of halogens is 1. The summed E-state index contributed by atoms with van der Waals surface area (Å²) in [6, 6.07) is 7.21. The summed E-state index contributed by atoms with van der Waals surface area (Å²) in [5.41, 5.74) is 1.39. The van der Waals surface area contributed by atoms with E-state index in [-0.39, 0.29) is 18.4 Å². The van der Waals surface area contributed by atoms with Crippen molar-refractivity contribution < 1.29 is 14.7 Å². The van der Waals surface area contributed by atoms with Gasteiger partial charge in [0, 0.05) is 29.3 Å². The van der Waals surface area contributed by atoms with Gasteiger partial charge in [0.15, 0.2) is 0 Å². The number of rotatable bonds is 5. The number of hydrogen-bond donors (Lipinski definition) is 1. The van der Waals surface area contributed by atoms with Gasteiger partial charge >= 0.3 is 5.97 Å². The normalized spacial score (nSPS) is 17.5. The molecule has 1 saturated heterocycles. The van der Waals surface area contributed by atoms with Crippen molar-refractivity contribution in [1.29, 1.82) is 0 Å². The van der Waals surface area contributed by atoms with Crippen molar-refractivity contribution in [3.05, 3.63) is 52.8 Å². The van der Waals surface area contributed by atoms with Crippen LogP contribution < -0.4 is 0 Å². The van der Waals surface area contributed by atoms with Gasteiger partial charge in [-0.15, -0.1) is 0 Å². The van der Waals surface area contributed by atoms with Crippen molar-refractivity contribution >= 4 is 35.2 Å². The van der Waals surface area contributed by atoms with Crippen LogP contribution in [-0.2, 0) is 11.3 Å². The SMILES string of the molecule is O=C(O)CC1CSCCN1C(=O)c1cnn(Cc2ccccc2Cl)c1. The summed E-state index contributed by atoms with van der Waals surface area (Å²) >= 11 is 7.84. The Kier molecular flexibility index (Phi) is 5.65. The number of benzene rings is 1. The minimum Gasteiger partial charge on any atom is -0.481 e. The number of carboxylic acid groups (broad SMARTS) is 1. The van der Waals surface area contributed by atoms with Gasteiger partial charge in [-0.1, -0.05) is 29.8 Å². The topological polar surface area (TPSA) is 75.4 Å². The van der Waals surface area contributed by atoms with Crippen LogP contribution in [0.4, 0.5) is 0 Å². The molecule has 2 aromatic rings. The summed E-state index contributed by atoms with van der Waals surface area (Å²) in [4.78, 5) is 25.5. The van der Waals surface area contributed by atoms with Gasteiger partial charge in [0.05, 0.1) is 30.8 Å². The van der Waals surface area contributed by atoms with Crippen molar-refractivity contribution in [3.8, 4) is 0 Å². The molecule has 25 heavy (non-hydrogen) atoms. The molecule has 1 atom stereocenters. The van der Waals surface area contributed by atoms with Crippen LogP contribution in [0.1, 0.15) is 22.3 Å². The van der Waals surface area contributed by atoms with Crippen LogP contribution in [0.5, 0.6) is 0 Å². The monoisotopic (exact) mass is 379 g/mol. The third kappa shape index (κ3) is 4.35. The van der Waals surface area contributed by atoms with Crippen molar-refractivity contribution in [2.45, 2.75) is 19.0 Å². The average molecular weight is 380 g/mol. The smallest absolute Gasteiger partial charge is 0.305 e. The van der Waals surface area contributed by atoms with Crippen molar-refractivity contribution in [2.75, 3.05) is 18.1 Å². The molecule has 1 aliphatic rings. The molecule has 1 aromatic carbocycles. The molecule has 3 rings (SSSR count). The predicted octanol–water partition coefficient (Wildman–Crippen LogP) is 2.62. The fourth-order valence-electron chi connectivity index (χ4n) is 2.82. The molecule has 1 amide bonds. The highest BCUT2D eigenvalue weighted by molar-refractivity contribution is 7.99. The molecule has 0 radical (unpaired) electrons. The summed E-state index contributed by atoms with van der Waals surface area (Å²) in [5, 5.41) is 14.0. The Morgan fingerprint density at radius 2 is 2.16 bits per heavy atom. The first-order valence-corrected chi connectivity index (χ1v) is 9.44. The molecule has 0 aliphatic carbocycles. The Bertz CT molecular complexity index is 780. The highest BCUT2D eigenvalue weighted by atomic mass is 35.5. The van der Waals surface area contributed by atoms with E-state index in [2.05, 4.69) is 5.10 Å². The van der Waals surface area contributed by atoms with E-state index in [1.807, 2.05) is 24.3 Å². The zero-order valence-electron chi connectivity index (χ0n) is 13.5. The second kappa shape index (κ2) is 7.93. The van der Waals surface area contributed by atoms with Crippen LogP contribution in [0.15, 0.2) is 36.7 Å². The molecule has 1 aliphatic heterocycles. The van der Waals surface area contributed by atoms with Gasteiger partial charge in [0.25, 0.3) is 5.91 Å². The minimum atomic E-state index is -0.889. The number of carboxylic acids is 1. The summed E-state index contributed by atoms with van der Waals surface area (Å²) < 4.78 is 1.67. The highest BCUT2D eigenvalue weighted by Crippen LogP contribution is 2.22. The Labute approximate surface area is 154 Å².